The van der Waals surface area contributed by atoms with E-state index in [2.05, 4.69) is 9.97 Å². The van der Waals surface area contributed by atoms with Crippen molar-refractivity contribution in [2.75, 3.05) is 7.11 Å². The van der Waals surface area contributed by atoms with Crippen LogP contribution >= 0.6 is 11.6 Å². The minimum atomic E-state index is -0.733. The van der Waals surface area contributed by atoms with E-state index in [9.17, 15) is 9.18 Å². The molecule has 25 heavy (non-hydrogen) atoms. The molecule has 0 bridgehead atoms. The first-order chi connectivity index (χ1) is 11.9. The first-order valence-corrected chi connectivity index (χ1v) is 8.42. The van der Waals surface area contributed by atoms with Crippen LogP contribution in [0.25, 0.3) is 11.4 Å². The number of alkyl halides is 1. The van der Waals surface area contributed by atoms with Crippen molar-refractivity contribution >= 4 is 17.6 Å². The van der Waals surface area contributed by atoms with Gasteiger partial charge in [-0.1, -0.05) is 18.2 Å². The van der Waals surface area contributed by atoms with Crippen molar-refractivity contribution in [2.24, 2.45) is 11.1 Å². The Hall–Kier alpha value is -2.05. The first-order valence-electron chi connectivity index (χ1n) is 7.98. The SMILES string of the molecule is COC(=O)[C@]1(Cc2cccc(-c3ncc(F)cn3)c2)C[C@@H](N)[C@H](Cl)C1. The average molecular weight is 364 g/mol. The summed E-state index contributed by atoms with van der Waals surface area (Å²) < 4.78 is 18.0. The third kappa shape index (κ3) is 3.65. The molecule has 7 heteroatoms. The molecule has 3 atom stereocenters. The van der Waals surface area contributed by atoms with Crippen molar-refractivity contribution in [1.29, 1.82) is 0 Å². The summed E-state index contributed by atoms with van der Waals surface area (Å²) in [6, 6.07) is 7.27. The quantitative estimate of drug-likeness (QED) is 0.667. The van der Waals surface area contributed by atoms with Crippen LogP contribution in [0.2, 0.25) is 0 Å². The molecule has 0 saturated heterocycles. The number of esters is 1. The lowest BCUT2D eigenvalue weighted by Crippen LogP contribution is -2.33. The normalized spacial score (nSPS) is 25.8. The molecule has 1 fully saturated rings. The molecule has 1 aromatic carbocycles. The topological polar surface area (TPSA) is 78.1 Å². The molecule has 132 valence electrons. The van der Waals surface area contributed by atoms with Gasteiger partial charge < -0.3 is 10.5 Å². The van der Waals surface area contributed by atoms with E-state index in [1.165, 1.54) is 7.11 Å². The zero-order valence-corrected chi connectivity index (χ0v) is 14.5. The Kier molecular flexibility index (Phi) is 5.01. The van der Waals surface area contributed by atoms with Gasteiger partial charge in [0.25, 0.3) is 0 Å². The number of benzene rings is 1. The van der Waals surface area contributed by atoms with Crippen molar-refractivity contribution in [3.8, 4) is 11.4 Å². The molecule has 1 aliphatic rings. The Morgan fingerprint density at radius 2 is 2.12 bits per heavy atom. The summed E-state index contributed by atoms with van der Waals surface area (Å²) in [5.41, 5.74) is 6.98. The molecule has 0 spiro atoms. The Morgan fingerprint density at radius 3 is 2.72 bits per heavy atom. The molecule has 0 radical (unpaired) electrons. The number of nitrogens with zero attached hydrogens (tertiary/aromatic N) is 2. The van der Waals surface area contributed by atoms with Crippen molar-refractivity contribution in [1.82, 2.24) is 9.97 Å². The third-order valence-corrected chi connectivity index (χ3v) is 5.12. The summed E-state index contributed by atoms with van der Waals surface area (Å²) in [6.07, 6.45) is 3.66. The van der Waals surface area contributed by atoms with Gasteiger partial charge in [-0.15, -0.1) is 11.6 Å². The second-order valence-corrected chi connectivity index (χ2v) is 7.02. The molecule has 5 nitrogen and oxygen atoms in total. The fourth-order valence-electron chi connectivity index (χ4n) is 3.46. The molecular weight excluding hydrogens is 345 g/mol. The zero-order valence-electron chi connectivity index (χ0n) is 13.8. The number of ether oxygens (including phenoxy) is 1. The average Bonchev–Trinajstić information content (AvgIpc) is 2.90. The summed E-state index contributed by atoms with van der Waals surface area (Å²) in [5, 5.41) is -0.261. The maximum atomic E-state index is 13.0. The van der Waals surface area contributed by atoms with Gasteiger partial charge in [0, 0.05) is 17.0 Å². The lowest BCUT2D eigenvalue weighted by molar-refractivity contribution is -0.152. The highest BCUT2D eigenvalue weighted by atomic mass is 35.5. The number of rotatable bonds is 4. The maximum Gasteiger partial charge on any atom is 0.312 e. The van der Waals surface area contributed by atoms with Crippen molar-refractivity contribution < 1.29 is 13.9 Å². The van der Waals surface area contributed by atoms with Gasteiger partial charge in [-0.25, -0.2) is 14.4 Å². The highest BCUT2D eigenvalue weighted by molar-refractivity contribution is 6.21. The van der Waals surface area contributed by atoms with Gasteiger partial charge in [-0.05, 0) is 30.9 Å². The van der Waals surface area contributed by atoms with Crippen molar-refractivity contribution in [3.63, 3.8) is 0 Å². The highest BCUT2D eigenvalue weighted by Crippen LogP contribution is 2.44. The Morgan fingerprint density at radius 1 is 1.40 bits per heavy atom. The van der Waals surface area contributed by atoms with E-state index in [4.69, 9.17) is 22.1 Å². The minimum Gasteiger partial charge on any atom is -0.469 e. The molecule has 1 heterocycles. The molecule has 1 aliphatic carbocycles. The number of hydrogen-bond acceptors (Lipinski definition) is 5. The Balaban J connectivity index is 1.90. The van der Waals surface area contributed by atoms with Gasteiger partial charge in [0.05, 0.1) is 24.9 Å². The van der Waals surface area contributed by atoms with Crippen molar-refractivity contribution in [3.05, 3.63) is 48.0 Å². The Bertz CT molecular complexity index is 759. The highest BCUT2D eigenvalue weighted by Gasteiger charge is 2.49. The van der Waals surface area contributed by atoms with Crippen LogP contribution in [0, 0.1) is 11.2 Å². The van der Waals surface area contributed by atoms with E-state index in [0.29, 0.717) is 25.1 Å². The number of aromatic nitrogens is 2. The first kappa shape index (κ1) is 17.8. The van der Waals surface area contributed by atoms with E-state index in [-0.39, 0.29) is 17.4 Å². The molecule has 1 saturated carbocycles. The van der Waals surface area contributed by atoms with Crippen LogP contribution < -0.4 is 5.73 Å². The van der Waals surface area contributed by atoms with Gasteiger partial charge in [0.15, 0.2) is 11.6 Å². The smallest absolute Gasteiger partial charge is 0.312 e. The van der Waals surface area contributed by atoms with E-state index >= 15 is 0 Å². The molecule has 2 aromatic rings. The number of halogens is 2. The standard InChI is InChI=1S/C18H19ClFN3O2/c1-25-17(24)18(7-14(19)15(21)8-18)6-11-3-2-4-12(5-11)16-22-9-13(20)10-23-16/h2-5,9-10,14-15H,6-8,21H2,1H3/t14-,15-,18+/m1/s1. The van der Waals surface area contributed by atoms with E-state index < -0.39 is 11.2 Å². The summed E-state index contributed by atoms with van der Waals surface area (Å²) in [5.74, 6) is -0.360. The fourth-order valence-corrected chi connectivity index (χ4v) is 3.84. The number of carbonyl (C=O) groups is 1. The molecule has 1 aromatic heterocycles. The molecule has 2 N–H and O–H groups in total. The molecular formula is C18H19ClFN3O2. The van der Waals surface area contributed by atoms with Gasteiger partial charge in [0.1, 0.15) is 0 Å². The summed E-state index contributed by atoms with van der Waals surface area (Å²) in [4.78, 5) is 20.4. The number of carbonyl (C=O) groups excluding carboxylic acids is 1. The monoisotopic (exact) mass is 363 g/mol. The van der Waals surface area contributed by atoms with Crippen LogP contribution in [0.3, 0.4) is 0 Å². The largest absolute Gasteiger partial charge is 0.469 e. The second-order valence-electron chi connectivity index (χ2n) is 6.46. The molecule has 0 aliphatic heterocycles. The number of hydrogen-bond donors (Lipinski definition) is 1. The van der Waals surface area contributed by atoms with Crippen molar-refractivity contribution in [2.45, 2.75) is 30.7 Å². The predicted molar refractivity (Wildman–Crippen MR) is 92.4 cm³/mol. The second kappa shape index (κ2) is 7.06. The molecule has 0 amide bonds. The lowest BCUT2D eigenvalue weighted by atomic mass is 9.79. The van der Waals surface area contributed by atoms with Gasteiger partial charge >= 0.3 is 5.97 Å². The summed E-state index contributed by atoms with van der Waals surface area (Å²) >= 11 is 6.27. The van der Waals surface area contributed by atoms with E-state index in [1.54, 1.807) is 0 Å². The maximum absolute atomic E-state index is 13.0. The van der Waals surface area contributed by atoms with Gasteiger partial charge in [0.2, 0.25) is 0 Å². The third-order valence-electron chi connectivity index (χ3n) is 4.64. The van der Waals surface area contributed by atoms with Crippen LogP contribution in [0.15, 0.2) is 36.7 Å². The minimum absolute atomic E-state index is 0.246. The summed E-state index contributed by atoms with van der Waals surface area (Å²) in [6.45, 7) is 0. The van der Waals surface area contributed by atoms with Crippen LogP contribution in [0.5, 0.6) is 0 Å². The van der Waals surface area contributed by atoms with E-state index in [0.717, 1.165) is 23.5 Å². The zero-order chi connectivity index (χ0) is 18.0. The van der Waals surface area contributed by atoms with Gasteiger partial charge in [-0.2, -0.15) is 0 Å². The number of nitrogens with two attached hydrogens (primary N) is 1. The molecule has 3 rings (SSSR count). The van der Waals surface area contributed by atoms with Crippen LogP contribution in [-0.2, 0) is 16.0 Å². The van der Waals surface area contributed by atoms with Gasteiger partial charge in [-0.3, -0.25) is 4.79 Å². The van der Waals surface area contributed by atoms with Crippen LogP contribution in [-0.4, -0.2) is 34.5 Å². The fraction of sp³-hybridized carbons (Fsp3) is 0.389. The van der Waals surface area contributed by atoms with Crippen LogP contribution in [0.4, 0.5) is 4.39 Å². The predicted octanol–water partition coefficient (Wildman–Crippen LogP) is 2.71. The number of methoxy groups -OCH3 is 1. The lowest BCUT2D eigenvalue weighted by Gasteiger charge is -2.26. The molecule has 0 unspecified atom stereocenters. The summed E-state index contributed by atoms with van der Waals surface area (Å²) in [7, 11) is 1.37. The van der Waals surface area contributed by atoms with Crippen LogP contribution in [0.1, 0.15) is 18.4 Å². The van der Waals surface area contributed by atoms with E-state index in [1.807, 2.05) is 24.3 Å². The Labute approximate surface area is 150 Å².